The van der Waals surface area contributed by atoms with Crippen molar-refractivity contribution in [3.05, 3.63) is 58.9 Å². The van der Waals surface area contributed by atoms with Crippen LogP contribution in [0.1, 0.15) is 24.2 Å². The fraction of sp³-hybridized carbons (Fsp3) is 0.286. The van der Waals surface area contributed by atoms with Crippen LogP contribution in [0.2, 0.25) is 5.02 Å². The summed E-state index contributed by atoms with van der Waals surface area (Å²) in [5, 5.41) is 4.28. The number of hydrogen-bond donors (Lipinski definition) is 1. The van der Waals surface area contributed by atoms with Gasteiger partial charge in [-0.1, -0.05) is 23.7 Å². The number of nitrogens with zero attached hydrogens (tertiary/aromatic N) is 1. The first-order chi connectivity index (χ1) is 8.16. The van der Waals surface area contributed by atoms with E-state index >= 15 is 0 Å². The van der Waals surface area contributed by atoms with Crippen LogP contribution in [0.5, 0.6) is 0 Å². The van der Waals surface area contributed by atoms with Gasteiger partial charge in [0, 0.05) is 36.5 Å². The number of nitrogens with one attached hydrogen (secondary N) is 1. The quantitative estimate of drug-likeness (QED) is 0.876. The van der Waals surface area contributed by atoms with Gasteiger partial charge in [0.25, 0.3) is 0 Å². The Morgan fingerprint density at radius 1 is 1.29 bits per heavy atom. The molecule has 0 fully saturated rings. The molecule has 0 amide bonds. The summed E-state index contributed by atoms with van der Waals surface area (Å²) in [6, 6.07) is 12.5. The van der Waals surface area contributed by atoms with E-state index in [1.807, 2.05) is 18.2 Å². The third kappa shape index (κ3) is 3.11. The molecular weight excluding hydrogens is 232 g/mol. The maximum atomic E-state index is 5.98. The van der Waals surface area contributed by atoms with E-state index < -0.39 is 0 Å². The molecule has 0 aliphatic rings. The highest BCUT2D eigenvalue weighted by molar-refractivity contribution is 6.30. The number of hydrogen-bond acceptors (Lipinski definition) is 1. The summed E-state index contributed by atoms with van der Waals surface area (Å²) < 4.78 is 2.12. The molecule has 0 radical (unpaired) electrons. The van der Waals surface area contributed by atoms with Gasteiger partial charge in [0.1, 0.15) is 0 Å². The number of rotatable bonds is 4. The van der Waals surface area contributed by atoms with Gasteiger partial charge in [0.05, 0.1) is 0 Å². The summed E-state index contributed by atoms with van der Waals surface area (Å²) in [6.07, 6.45) is 2.06. The minimum Gasteiger partial charge on any atom is -0.353 e. The zero-order valence-corrected chi connectivity index (χ0v) is 10.9. The lowest BCUT2D eigenvalue weighted by Gasteiger charge is -2.15. The van der Waals surface area contributed by atoms with E-state index in [1.165, 1.54) is 11.3 Å². The zero-order chi connectivity index (χ0) is 12.3. The van der Waals surface area contributed by atoms with Crippen molar-refractivity contribution in [1.29, 1.82) is 0 Å². The molecule has 2 rings (SSSR count). The van der Waals surface area contributed by atoms with Gasteiger partial charge in [-0.15, -0.1) is 0 Å². The summed E-state index contributed by atoms with van der Waals surface area (Å²) in [5.74, 6) is 0. The Labute approximate surface area is 107 Å². The maximum Gasteiger partial charge on any atom is 0.0409 e. The highest BCUT2D eigenvalue weighted by Crippen LogP contribution is 2.17. The number of halogens is 1. The van der Waals surface area contributed by atoms with Gasteiger partial charge in [-0.3, -0.25) is 0 Å². The summed E-state index contributed by atoms with van der Waals surface area (Å²) >= 11 is 5.98. The average molecular weight is 249 g/mol. The second kappa shape index (κ2) is 5.39. The number of aromatic nitrogens is 1. The highest BCUT2D eigenvalue weighted by Gasteiger charge is 2.06. The molecule has 1 aromatic heterocycles. The van der Waals surface area contributed by atoms with Crippen LogP contribution in [0.3, 0.4) is 0 Å². The van der Waals surface area contributed by atoms with Crippen molar-refractivity contribution in [2.45, 2.75) is 19.5 Å². The Balaban J connectivity index is 1.98. The average Bonchev–Trinajstić information content (AvgIpc) is 2.72. The standard InChI is InChI=1S/C14H17ClN2/c1-11(12-5-3-6-13(15)9-12)16-10-14-7-4-8-17(14)2/h3-9,11,16H,10H2,1-2H3/t11-/m1/s1. The van der Waals surface area contributed by atoms with Crippen LogP contribution >= 0.6 is 11.6 Å². The maximum absolute atomic E-state index is 5.98. The molecule has 17 heavy (non-hydrogen) atoms. The van der Waals surface area contributed by atoms with Crippen LogP contribution < -0.4 is 5.32 Å². The molecule has 0 aliphatic carbocycles. The Hall–Kier alpha value is -1.25. The van der Waals surface area contributed by atoms with Crippen molar-refractivity contribution >= 4 is 11.6 Å². The second-order valence-corrected chi connectivity index (χ2v) is 4.70. The summed E-state index contributed by atoms with van der Waals surface area (Å²) in [7, 11) is 2.06. The smallest absolute Gasteiger partial charge is 0.0409 e. The Morgan fingerprint density at radius 3 is 2.76 bits per heavy atom. The SMILES string of the molecule is C[C@@H](NCc1cccn1C)c1cccc(Cl)c1. The molecule has 3 heteroatoms. The molecule has 1 aromatic carbocycles. The number of aryl methyl sites for hydroxylation is 1. The van der Waals surface area contributed by atoms with Crippen molar-refractivity contribution in [3.8, 4) is 0 Å². The molecule has 90 valence electrons. The molecule has 0 saturated carbocycles. The molecule has 0 aliphatic heterocycles. The van der Waals surface area contributed by atoms with Crippen LogP contribution in [0.25, 0.3) is 0 Å². The second-order valence-electron chi connectivity index (χ2n) is 4.27. The Morgan fingerprint density at radius 2 is 2.12 bits per heavy atom. The van der Waals surface area contributed by atoms with Gasteiger partial charge < -0.3 is 9.88 Å². The van der Waals surface area contributed by atoms with E-state index in [0.29, 0.717) is 6.04 Å². The minimum atomic E-state index is 0.295. The molecule has 2 aromatic rings. The molecular formula is C14H17ClN2. The molecule has 0 unspecified atom stereocenters. The van der Waals surface area contributed by atoms with Gasteiger partial charge in [0.2, 0.25) is 0 Å². The monoisotopic (exact) mass is 248 g/mol. The fourth-order valence-electron chi connectivity index (χ4n) is 1.83. The van der Waals surface area contributed by atoms with E-state index in [-0.39, 0.29) is 0 Å². The van der Waals surface area contributed by atoms with Crippen LogP contribution in [0.4, 0.5) is 0 Å². The lowest BCUT2D eigenvalue weighted by Crippen LogP contribution is -2.19. The van der Waals surface area contributed by atoms with Crippen LogP contribution in [0, 0.1) is 0 Å². The highest BCUT2D eigenvalue weighted by atomic mass is 35.5. The molecule has 0 spiro atoms. The van der Waals surface area contributed by atoms with Crippen molar-refractivity contribution in [2.24, 2.45) is 7.05 Å². The first-order valence-corrected chi connectivity index (χ1v) is 6.13. The largest absolute Gasteiger partial charge is 0.353 e. The summed E-state index contributed by atoms with van der Waals surface area (Å²) in [5.41, 5.74) is 2.49. The Kier molecular flexibility index (Phi) is 3.87. The van der Waals surface area contributed by atoms with Crippen molar-refractivity contribution in [1.82, 2.24) is 9.88 Å². The van der Waals surface area contributed by atoms with Crippen molar-refractivity contribution in [3.63, 3.8) is 0 Å². The first kappa shape index (κ1) is 12.2. The fourth-order valence-corrected chi connectivity index (χ4v) is 2.03. The number of benzene rings is 1. The zero-order valence-electron chi connectivity index (χ0n) is 10.2. The Bertz CT molecular complexity index is 490. The van der Waals surface area contributed by atoms with Crippen molar-refractivity contribution < 1.29 is 0 Å². The van der Waals surface area contributed by atoms with E-state index in [2.05, 4.69) is 48.3 Å². The summed E-state index contributed by atoms with van der Waals surface area (Å²) in [4.78, 5) is 0. The van der Waals surface area contributed by atoms with Gasteiger partial charge in [0.15, 0.2) is 0 Å². The van der Waals surface area contributed by atoms with Crippen LogP contribution in [-0.4, -0.2) is 4.57 Å². The molecule has 1 heterocycles. The predicted molar refractivity (Wildman–Crippen MR) is 72.1 cm³/mol. The van der Waals surface area contributed by atoms with E-state index in [4.69, 9.17) is 11.6 Å². The topological polar surface area (TPSA) is 17.0 Å². The van der Waals surface area contributed by atoms with Gasteiger partial charge in [-0.05, 0) is 36.8 Å². The lowest BCUT2D eigenvalue weighted by atomic mass is 10.1. The van der Waals surface area contributed by atoms with E-state index in [1.54, 1.807) is 0 Å². The predicted octanol–water partition coefficient (Wildman–Crippen LogP) is 3.53. The minimum absolute atomic E-state index is 0.295. The molecule has 2 nitrogen and oxygen atoms in total. The van der Waals surface area contributed by atoms with Gasteiger partial charge >= 0.3 is 0 Å². The normalized spacial score (nSPS) is 12.6. The molecule has 0 saturated heterocycles. The van der Waals surface area contributed by atoms with Gasteiger partial charge in [-0.25, -0.2) is 0 Å². The van der Waals surface area contributed by atoms with E-state index in [0.717, 1.165) is 11.6 Å². The summed E-state index contributed by atoms with van der Waals surface area (Å²) in [6.45, 7) is 3.01. The third-order valence-electron chi connectivity index (χ3n) is 2.99. The van der Waals surface area contributed by atoms with Crippen molar-refractivity contribution in [2.75, 3.05) is 0 Å². The lowest BCUT2D eigenvalue weighted by molar-refractivity contribution is 0.558. The molecule has 1 atom stereocenters. The van der Waals surface area contributed by atoms with Crippen LogP contribution in [-0.2, 0) is 13.6 Å². The third-order valence-corrected chi connectivity index (χ3v) is 3.22. The van der Waals surface area contributed by atoms with Gasteiger partial charge in [-0.2, -0.15) is 0 Å². The molecule has 1 N–H and O–H groups in total. The van der Waals surface area contributed by atoms with E-state index in [9.17, 15) is 0 Å². The van der Waals surface area contributed by atoms with Crippen LogP contribution in [0.15, 0.2) is 42.6 Å². The first-order valence-electron chi connectivity index (χ1n) is 5.76. The molecule has 0 bridgehead atoms.